The van der Waals surface area contributed by atoms with Gasteiger partial charge in [-0.3, -0.25) is 19.3 Å². The van der Waals surface area contributed by atoms with Crippen LogP contribution in [0.4, 0.5) is 0 Å². The fourth-order valence-electron chi connectivity index (χ4n) is 6.57. The van der Waals surface area contributed by atoms with Crippen LogP contribution in [0.5, 0.6) is 0 Å². The third-order valence-corrected chi connectivity index (χ3v) is 10.2. The first-order valence-corrected chi connectivity index (χ1v) is 12.1. The first-order valence-electron chi connectivity index (χ1n) is 10.4. The second-order valence-corrected chi connectivity index (χ2v) is 11.1. The summed E-state index contributed by atoms with van der Waals surface area (Å²) in [4.78, 5) is 55.1. The monoisotopic (exact) mass is 456 g/mol. The zero-order chi connectivity index (χ0) is 21.6. The zero-order valence-corrected chi connectivity index (χ0v) is 18.2. The number of nitrogens with zero attached hydrogens (tertiary/aromatic N) is 1. The Balaban J connectivity index is 1.46. The van der Waals surface area contributed by atoms with E-state index in [1.807, 2.05) is 18.2 Å². The molecule has 0 unspecified atom stereocenters. The Morgan fingerprint density at radius 2 is 1.81 bits per heavy atom. The lowest BCUT2D eigenvalue weighted by Gasteiger charge is -2.43. The molecular formula is C22H20N2O5S2. The minimum absolute atomic E-state index is 0.00352. The van der Waals surface area contributed by atoms with Gasteiger partial charge in [0.1, 0.15) is 6.04 Å². The van der Waals surface area contributed by atoms with E-state index in [1.54, 1.807) is 11.8 Å². The van der Waals surface area contributed by atoms with Crippen molar-refractivity contribution in [3.05, 3.63) is 50.4 Å². The molecule has 2 bridgehead atoms. The van der Waals surface area contributed by atoms with Crippen LogP contribution in [0.1, 0.15) is 29.7 Å². The van der Waals surface area contributed by atoms with Crippen molar-refractivity contribution in [1.82, 2.24) is 9.88 Å². The highest BCUT2D eigenvalue weighted by Crippen LogP contribution is 2.68. The molecule has 3 heterocycles. The van der Waals surface area contributed by atoms with Crippen LogP contribution in [0.15, 0.2) is 40.2 Å². The number of H-pyrrole nitrogens is 1. The van der Waals surface area contributed by atoms with Gasteiger partial charge in [0.25, 0.3) is 0 Å². The van der Waals surface area contributed by atoms with E-state index in [9.17, 15) is 24.3 Å². The highest BCUT2D eigenvalue weighted by atomic mass is 32.2. The molecule has 2 aliphatic carbocycles. The zero-order valence-electron chi connectivity index (χ0n) is 16.6. The molecule has 8 atom stereocenters. The number of hydrogen-bond donors (Lipinski definition) is 2. The highest BCUT2D eigenvalue weighted by Gasteiger charge is 2.70. The Labute approximate surface area is 185 Å². The van der Waals surface area contributed by atoms with Crippen LogP contribution in [0.25, 0.3) is 0 Å². The van der Waals surface area contributed by atoms with Gasteiger partial charge in [0.2, 0.25) is 11.8 Å². The number of carboxylic acid groups (broad SMARTS) is 1. The van der Waals surface area contributed by atoms with E-state index in [-0.39, 0.29) is 45.6 Å². The van der Waals surface area contributed by atoms with Crippen molar-refractivity contribution in [2.45, 2.75) is 35.6 Å². The van der Waals surface area contributed by atoms with Crippen LogP contribution in [-0.2, 0) is 14.4 Å². The number of rotatable bonds is 3. The maximum absolute atomic E-state index is 13.3. The summed E-state index contributed by atoms with van der Waals surface area (Å²) < 4.78 is 0. The van der Waals surface area contributed by atoms with E-state index in [1.165, 1.54) is 18.3 Å². The molecule has 2 aromatic rings. The molecule has 4 aliphatic rings. The predicted molar refractivity (Wildman–Crippen MR) is 114 cm³/mol. The number of benzene rings is 1. The van der Waals surface area contributed by atoms with Crippen molar-refractivity contribution in [3.63, 3.8) is 0 Å². The van der Waals surface area contributed by atoms with Crippen molar-refractivity contribution in [1.29, 1.82) is 0 Å². The Morgan fingerprint density at radius 1 is 1.13 bits per heavy atom. The molecule has 3 fully saturated rings. The second-order valence-electron chi connectivity index (χ2n) is 8.93. The summed E-state index contributed by atoms with van der Waals surface area (Å²) in [7, 11) is 0. The first kappa shape index (κ1) is 19.3. The number of hydrogen-bond acceptors (Lipinski definition) is 6. The highest BCUT2D eigenvalue weighted by molar-refractivity contribution is 8.00. The molecule has 2 saturated carbocycles. The van der Waals surface area contributed by atoms with Crippen molar-refractivity contribution < 1.29 is 19.5 Å². The van der Waals surface area contributed by atoms with Crippen molar-refractivity contribution in [3.8, 4) is 0 Å². The molecule has 6 rings (SSSR count). The molecule has 160 valence electrons. The maximum atomic E-state index is 13.3. The van der Waals surface area contributed by atoms with Gasteiger partial charge < -0.3 is 10.1 Å². The number of imide groups is 1. The van der Waals surface area contributed by atoms with E-state index in [4.69, 9.17) is 0 Å². The van der Waals surface area contributed by atoms with Crippen LogP contribution in [0.3, 0.4) is 0 Å². The number of thioether (sulfide) groups is 1. The minimum atomic E-state index is -1.16. The van der Waals surface area contributed by atoms with Gasteiger partial charge in [-0.25, -0.2) is 4.79 Å². The summed E-state index contributed by atoms with van der Waals surface area (Å²) in [5, 5.41) is 10.4. The number of amides is 2. The van der Waals surface area contributed by atoms with Crippen molar-refractivity contribution in [2.75, 3.05) is 0 Å². The van der Waals surface area contributed by atoms with Crippen LogP contribution >= 0.6 is 23.1 Å². The lowest BCUT2D eigenvalue weighted by atomic mass is 9.68. The number of carbonyl (C=O) groups excluding carboxylic acids is 2. The Kier molecular flexibility index (Phi) is 4.08. The number of nitrogens with one attached hydrogen (secondary N) is 1. The first-order chi connectivity index (χ1) is 14.9. The van der Waals surface area contributed by atoms with Gasteiger partial charge in [-0.1, -0.05) is 41.7 Å². The lowest BCUT2D eigenvalue weighted by Crippen LogP contribution is -2.44. The molecule has 2 amide bonds. The molecule has 9 heteroatoms. The Bertz CT molecular complexity index is 1170. The molecule has 2 aliphatic heterocycles. The van der Waals surface area contributed by atoms with E-state index in [2.05, 4.69) is 17.1 Å². The van der Waals surface area contributed by atoms with Crippen LogP contribution in [0, 0.1) is 29.6 Å². The van der Waals surface area contributed by atoms with Gasteiger partial charge >= 0.3 is 10.8 Å². The summed E-state index contributed by atoms with van der Waals surface area (Å²) in [6, 6.07) is 8.91. The number of carboxylic acids is 1. The summed E-state index contributed by atoms with van der Waals surface area (Å²) in [6.07, 6.45) is 0.799. The SMILES string of the molecule is C[C@H](C(=O)O)N1C(=O)[C@@H]2[C@@H]3C[C@H]([C@H]4Sc5[nH]c(=O)sc5[C@@H](c5ccccc5)[C@H]34)[C@@H]2C1=O. The predicted octanol–water partition coefficient (Wildman–Crippen LogP) is 2.38. The third kappa shape index (κ3) is 2.47. The molecule has 0 radical (unpaired) electrons. The molecular weight excluding hydrogens is 436 g/mol. The van der Waals surface area contributed by atoms with Crippen molar-refractivity contribution >= 4 is 40.9 Å². The van der Waals surface area contributed by atoms with Gasteiger partial charge in [-0.15, -0.1) is 11.8 Å². The molecule has 1 aromatic carbocycles. The quantitative estimate of drug-likeness (QED) is 0.687. The van der Waals surface area contributed by atoms with E-state index >= 15 is 0 Å². The van der Waals surface area contributed by atoms with Crippen LogP contribution in [-0.4, -0.2) is 44.1 Å². The topological polar surface area (TPSA) is 108 Å². The summed E-state index contributed by atoms with van der Waals surface area (Å²) >= 11 is 2.87. The van der Waals surface area contributed by atoms with Gasteiger partial charge in [-0.2, -0.15) is 0 Å². The lowest BCUT2D eigenvalue weighted by molar-refractivity contribution is -0.154. The molecule has 31 heavy (non-hydrogen) atoms. The van der Waals surface area contributed by atoms with E-state index in [0.717, 1.165) is 26.8 Å². The average molecular weight is 457 g/mol. The van der Waals surface area contributed by atoms with Crippen LogP contribution in [0.2, 0.25) is 0 Å². The van der Waals surface area contributed by atoms with E-state index < -0.39 is 23.8 Å². The number of fused-ring (bicyclic) bond motifs is 9. The second kappa shape index (κ2) is 6.56. The van der Waals surface area contributed by atoms with Crippen LogP contribution < -0.4 is 4.87 Å². The molecule has 2 N–H and O–H groups in total. The summed E-state index contributed by atoms with van der Waals surface area (Å²) in [5.74, 6) is -2.59. The molecule has 1 saturated heterocycles. The minimum Gasteiger partial charge on any atom is -0.480 e. The third-order valence-electron chi connectivity index (χ3n) is 7.66. The number of aromatic amines is 1. The summed E-state index contributed by atoms with van der Waals surface area (Å²) in [6.45, 7) is 1.40. The van der Waals surface area contributed by atoms with Gasteiger partial charge in [0.05, 0.1) is 16.9 Å². The average Bonchev–Trinajstić information content (AvgIpc) is 3.47. The smallest absolute Gasteiger partial charge is 0.326 e. The standard InChI is InChI=1S/C22H20N2O5S2/c1-8(21(27)28)24-19(25)14-10-7-11(15(14)20(24)26)16-13(10)12(9-5-3-2-4-6-9)17-18(30-16)23-22(29)31-17/h2-6,8,10-16H,7H2,1H3,(H,23,29)(H,27,28)/t8-,10-,11+,12+,13+,14-,15+,16-/m1/s1. The number of aromatic nitrogens is 1. The maximum Gasteiger partial charge on any atom is 0.326 e. The van der Waals surface area contributed by atoms with Gasteiger partial charge in [0.15, 0.2) is 0 Å². The van der Waals surface area contributed by atoms with Gasteiger partial charge in [-0.05, 0) is 36.7 Å². The Hall–Kier alpha value is -2.39. The number of thiazole rings is 1. The Morgan fingerprint density at radius 3 is 2.48 bits per heavy atom. The normalized spacial score (nSPS) is 36.3. The fourth-order valence-corrected chi connectivity index (χ4v) is 9.45. The number of carbonyl (C=O) groups is 3. The number of likely N-dealkylation sites (tertiary alicyclic amines) is 1. The van der Waals surface area contributed by atoms with Gasteiger partial charge in [0, 0.05) is 16.0 Å². The molecule has 1 aromatic heterocycles. The summed E-state index contributed by atoms with van der Waals surface area (Å²) in [5.41, 5.74) is 1.12. The molecule has 0 spiro atoms. The largest absolute Gasteiger partial charge is 0.480 e. The van der Waals surface area contributed by atoms with Crippen molar-refractivity contribution in [2.24, 2.45) is 29.6 Å². The number of aliphatic carboxylic acids is 1. The van der Waals surface area contributed by atoms with E-state index in [0.29, 0.717) is 0 Å². The fraction of sp³-hybridized carbons (Fsp3) is 0.455. The molecule has 7 nitrogen and oxygen atoms in total.